The maximum atomic E-state index is 6.49. The summed E-state index contributed by atoms with van der Waals surface area (Å²) in [5, 5.41) is 0.811. The van der Waals surface area contributed by atoms with E-state index in [0.717, 1.165) is 18.1 Å². The van der Waals surface area contributed by atoms with E-state index in [-0.39, 0.29) is 10.8 Å². The zero-order valence-electron chi connectivity index (χ0n) is 37.4. The molecule has 2 aliphatic carbocycles. The number of hydrogen-bond donors (Lipinski definition) is 0. The molecule has 308 valence electrons. The summed E-state index contributed by atoms with van der Waals surface area (Å²) in [6.45, 7) is 30.2. The van der Waals surface area contributed by atoms with Crippen molar-refractivity contribution in [1.82, 2.24) is 19.8 Å². The van der Waals surface area contributed by atoms with Gasteiger partial charge < -0.3 is 9.80 Å². The maximum Gasteiger partial charge on any atom is 0.0581 e. The monoisotopic (exact) mass is 797 g/mol. The Morgan fingerprint density at radius 2 is 1.00 bits per heavy atom. The van der Waals surface area contributed by atoms with Gasteiger partial charge in [0.05, 0.1) is 11.4 Å². The number of nitrogens with zero attached hydrogens (tertiary/aromatic N) is 4. The van der Waals surface area contributed by atoms with E-state index in [2.05, 4.69) is 159 Å². The van der Waals surface area contributed by atoms with Crippen LogP contribution in [0.1, 0.15) is 145 Å². The van der Waals surface area contributed by atoms with Crippen LogP contribution >= 0.6 is 11.6 Å². The van der Waals surface area contributed by atoms with Gasteiger partial charge in [0.15, 0.2) is 0 Å². The molecule has 2 saturated heterocycles. The molecule has 2 fully saturated rings. The largest absolute Gasteiger partial charge is 0.301 e. The molecule has 4 nitrogen and oxygen atoms in total. The minimum absolute atomic E-state index is 0.0597. The first-order valence-corrected chi connectivity index (χ1v) is 22.8. The second kappa shape index (κ2) is 17.2. The van der Waals surface area contributed by atoms with E-state index < -0.39 is 0 Å². The van der Waals surface area contributed by atoms with Crippen LogP contribution in [0.15, 0.2) is 73.1 Å². The summed E-state index contributed by atoms with van der Waals surface area (Å²) in [4.78, 5) is 15.2. The van der Waals surface area contributed by atoms with Gasteiger partial charge in [-0.25, -0.2) is 0 Å². The standard InChI is InChI=1S/C27H36N2.C26H33ClN2/c1-18(2)23-17-21-8-7-13-28-26(21)27(6,25-10-9-20(5)16-24(23)25)22-11-14-29(15-12-22)19(3)4;1-17(2)22-15-19-7-6-12-28-25(19)26(5,24-9-8-21(27)16-23(22)24)20-10-13-29(14-11-20)18(3)4/h7-10,13,16-19,22H,11-12,14-15H2,1-6H3;6-9,12,15-18,20H,10-11,13-14H2,1-5H3/t27-;/m0./s1. The van der Waals surface area contributed by atoms with E-state index in [1.165, 1.54) is 100 Å². The van der Waals surface area contributed by atoms with Gasteiger partial charge >= 0.3 is 0 Å². The van der Waals surface area contributed by atoms with Crippen molar-refractivity contribution in [3.8, 4) is 0 Å². The Morgan fingerprint density at radius 1 is 0.586 bits per heavy atom. The Morgan fingerprint density at radius 3 is 1.41 bits per heavy atom. The third-order valence-corrected chi connectivity index (χ3v) is 14.8. The molecular formula is C53H69ClN4. The molecule has 4 aliphatic rings. The van der Waals surface area contributed by atoms with Gasteiger partial charge in [0.25, 0.3) is 0 Å². The fraction of sp³-hybridized carbons (Fsp3) is 0.509. The van der Waals surface area contributed by atoms with Gasteiger partial charge in [0, 0.05) is 40.3 Å². The number of likely N-dealkylation sites (tertiary alicyclic amines) is 2. The van der Waals surface area contributed by atoms with E-state index in [0.29, 0.717) is 35.8 Å². The highest BCUT2D eigenvalue weighted by Crippen LogP contribution is 2.52. The van der Waals surface area contributed by atoms with Crippen molar-refractivity contribution in [2.75, 3.05) is 26.2 Å². The van der Waals surface area contributed by atoms with E-state index in [1.807, 2.05) is 12.4 Å². The summed E-state index contributed by atoms with van der Waals surface area (Å²) in [5.74, 6) is 2.07. The SMILES string of the molecule is CC(C)C1=Cc2cccnc2C(C)(C2CCN(C(C)C)CC2)c2ccc(Cl)cc21.Cc1ccc2c(c1)C(C(C)C)=Cc1cccnc1[C@@]2(C)C1CCN(C(C)C)CC1. The number of piperidine rings is 2. The molecule has 0 saturated carbocycles. The number of pyridine rings is 2. The fourth-order valence-electron chi connectivity index (χ4n) is 11.0. The summed E-state index contributed by atoms with van der Waals surface area (Å²) in [7, 11) is 0. The van der Waals surface area contributed by atoms with Crippen LogP contribution in [-0.2, 0) is 10.8 Å². The van der Waals surface area contributed by atoms with Gasteiger partial charge in [-0.3, -0.25) is 9.97 Å². The molecule has 0 spiro atoms. The second-order valence-corrected chi connectivity index (χ2v) is 19.8. The molecule has 5 heteroatoms. The van der Waals surface area contributed by atoms with Crippen molar-refractivity contribution < 1.29 is 0 Å². The van der Waals surface area contributed by atoms with Crippen molar-refractivity contribution in [1.29, 1.82) is 0 Å². The average molecular weight is 798 g/mol. The molecular weight excluding hydrogens is 728 g/mol. The molecule has 4 heterocycles. The summed E-state index contributed by atoms with van der Waals surface area (Å²) in [6, 6.07) is 23.5. The highest BCUT2D eigenvalue weighted by atomic mass is 35.5. The van der Waals surface area contributed by atoms with Crippen molar-refractivity contribution in [3.63, 3.8) is 0 Å². The molecule has 2 aliphatic heterocycles. The van der Waals surface area contributed by atoms with Crippen LogP contribution in [0.3, 0.4) is 0 Å². The van der Waals surface area contributed by atoms with Gasteiger partial charge in [-0.2, -0.15) is 0 Å². The number of rotatable bonds is 6. The highest BCUT2D eigenvalue weighted by molar-refractivity contribution is 6.30. The number of allylic oxidation sites excluding steroid dienone is 2. The van der Waals surface area contributed by atoms with Crippen LogP contribution in [-0.4, -0.2) is 58.0 Å². The lowest BCUT2D eigenvalue weighted by atomic mass is 9.64. The highest BCUT2D eigenvalue weighted by Gasteiger charge is 2.46. The lowest BCUT2D eigenvalue weighted by Gasteiger charge is -2.44. The molecule has 2 atom stereocenters. The molecule has 0 bridgehead atoms. The van der Waals surface area contributed by atoms with Crippen molar-refractivity contribution in [2.45, 2.75) is 125 Å². The number of aromatic nitrogens is 2. The first-order valence-electron chi connectivity index (χ1n) is 22.4. The molecule has 0 amide bonds. The fourth-order valence-corrected chi connectivity index (χ4v) is 11.2. The molecule has 58 heavy (non-hydrogen) atoms. The van der Waals surface area contributed by atoms with Gasteiger partial charge in [-0.05, 0) is 205 Å². The Balaban J connectivity index is 0.000000177. The number of halogens is 1. The first-order chi connectivity index (χ1) is 27.6. The Hall–Kier alpha value is -3.57. The molecule has 0 N–H and O–H groups in total. The average Bonchev–Trinajstić information content (AvgIpc) is 3.40. The Labute approximate surface area is 356 Å². The molecule has 8 rings (SSSR count). The van der Waals surface area contributed by atoms with Gasteiger partial charge in [-0.1, -0.05) is 81.3 Å². The van der Waals surface area contributed by atoms with Crippen LogP contribution in [0.25, 0.3) is 23.3 Å². The third kappa shape index (κ3) is 7.91. The van der Waals surface area contributed by atoms with E-state index in [4.69, 9.17) is 21.6 Å². The van der Waals surface area contributed by atoms with Crippen LogP contribution in [0.4, 0.5) is 0 Å². The zero-order chi connectivity index (χ0) is 41.5. The predicted octanol–water partition coefficient (Wildman–Crippen LogP) is 13.0. The van der Waals surface area contributed by atoms with Crippen LogP contribution < -0.4 is 0 Å². The van der Waals surface area contributed by atoms with Crippen LogP contribution in [0.5, 0.6) is 0 Å². The van der Waals surface area contributed by atoms with Crippen molar-refractivity contribution in [2.24, 2.45) is 23.7 Å². The second-order valence-electron chi connectivity index (χ2n) is 19.3. The summed E-state index contributed by atoms with van der Waals surface area (Å²) >= 11 is 6.49. The molecule has 1 unspecified atom stereocenters. The smallest absolute Gasteiger partial charge is 0.0581 e. The summed E-state index contributed by atoms with van der Waals surface area (Å²) < 4.78 is 0. The molecule has 4 aromatic rings. The molecule has 2 aromatic heterocycles. The van der Waals surface area contributed by atoms with Crippen LogP contribution in [0, 0.1) is 30.6 Å². The van der Waals surface area contributed by atoms with E-state index in [9.17, 15) is 0 Å². The number of hydrogen-bond acceptors (Lipinski definition) is 4. The van der Waals surface area contributed by atoms with Crippen molar-refractivity contribution >= 4 is 34.9 Å². The van der Waals surface area contributed by atoms with Crippen LogP contribution in [0.2, 0.25) is 5.02 Å². The lowest BCUT2D eigenvalue weighted by molar-refractivity contribution is 0.121. The van der Waals surface area contributed by atoms with Gasteiger partial charge in [0.2, 0.25) is 0 Å². The lowest BCUT2D eigenvalue weighted by Crippen LogP contribution is -2.45. The molecule has 0 radical (unpaired) electrons. The normalized spacial score (nSPS) is 23.0. The minimum atomic E-state index is -0.118. The Kier molecular flexibility index (Phi) is 12.6. The van der Waals surface area contributed by atoms with E-state index in [1.54, 1.807) is 0 Å². The van der Waals surface area contributed by atoms with Gasteiger partial charge in [0.1, 0.15) is 0 Å². The van der Waals surface area contributed by atoms with Crippen molar-refractivity contribution in [3.05, 3.63) is 128 Å². The van der Waals surface area contributed by atoms with E-state index >= 15 is 0 Å². The zero-order valence-corrected chi connectivity index (χ0v) is 38.1. The summed E-state index contributed by atoms with van der Waals surface area (Å²) in [6.07, 6.45) is 13.6. The third-order valence-electron chi connectivity index (χ3n) is 14.6. The topological polar surface area (TPSA) is 32.3 Å². The predicted molar refractivity (Wildman–Crippen MR) is 248 cm³/mol. The number of aryl methyl sites for hydroxylation is 1. The quantitative estimate of drug-likeness (QED) is 0.195. The molecule has 2 aromatic carbocycles. The minimum Gasteiger partial charge on any atom is -0.301 e. The first kappa shape index (κ1) is 42.6. The Bertz CT molecular complexity index is 1990. The van der Waals surface area contributed by atoms with Gasteiger partial charge in [-0.15, -0.1) is 0 Å². The number of fused-ring (bicyclic) bond motifs is 4. The number of benzene rings is 2. The maximum absolute atomic E-state index is 6.49. The summed E-state index contributed by atoms with van der Waals surface area (Å²) in [5.41, 5.74) is 14.6.